The maximum atomic E-state index is 12.5. The number of hydrogen-bond donors (Lipinski definition) is 0. The molecule has 0 saturated carbocycles. The summed E-state index contributed by atoms with van der Waals surface area (Å²) in [5.74, 6) is 0.235. The lowest BCUT2D eigenvalue weighted by atomic mass is 10.0. The molecule has 0 spiro atoms. The number of rotatable bonds is 3. The first-order chi connectivity index (χ1) is 9.70. The second-order valence-corrected chi connectivity index (χ2v) is 4.97. The molecule has 0 unspecified atom stereocenters. The summed E-state index contributed by atoms with van der Waals surface area (Å²) in [6, 6.07) is 3.40. The molecule has 0 bridgehead atoms. The number of aromatic nitrogens is 2. The minimum atomic E-state index is -0.117. The van der Waals surface area contributed by atoms with Crippen LogP contribution < -0.4 is 0 Å². The Hall–Kier alpha value is -2.08. The van der Waals surface area contributed by atoms with Crippen LogP contribution in [0.15, 0.2) is 29.1 Å². The molecule has 106 valence electrons. The number of carbonyl (C=O) groups excluding carboxylic acids is 1. The predicted octanol–water partition coefficient (Wildman–Crippen LogP) is 1.23. The van der Waals surface area contributed by atoms with Crippen molar-refractivity contribution in [1.29, 1.82) is 0 Å². The van der Waals surface area contributed by atoms with Crippen molar-refractivity contribution in [1.82, 2.24) is 14.5 Å². The largest absolute Gasteiger partial charge is 0.459 e. The molecule has 6 heteroatoms. The van der Waals surface area contributed by atoms with Crippen LogP contribution in [0.4, 0.5) is 0 Å². The molecule has 1 amide bonds. The molecule has 20 heavy (non-hydrogen) atoms. The number of nitrogens with zero attached hydrogens (tertiary/aromatic N) is 3. The van der Waals surface area contributed by atoms with Crippen molar-refractivity contribution in [2.45, 2.75) is 19.0 Å². The van der Waals surface area contributed by atoms with E-state index < -0.39 is 0 Å². The number of ether oxygens (including phenoxy) is 1. The quantitative estimate of drug-likeness (QED) is 0.845. The summed E-state index contributed by atoms with van der Waals surface area (Å²) in [7, 11) is 3.62. The first kappa shape index (κ1) is 12.9. The summed E-state index contributed by atoms with van der Waals surface area (Å²) in [6.07, 6.45) is 4.04. The molecule has 0 N–H and O–H groups in total. The molecule has 2 aromatic rings. The van der Waals surface area contributed by atoms with E-state index in [2.05, 4.69) is 4.98 Å². The van der Waals surface area contributed by atoms with Crippen LogP contribution in [0.5, 0.6) is 0 Å². The van der Waals surface area contributed by atoms with E-state index in [1.165, 1.54) is 6.26 Å². The fraction of sp³-hybridized carbons (Fsp3) is 0.429. The first-order valence-electron chi connectivity index (χ1n) is 6.53. The summed E-state index contributed by atoms with van der Waals surface area (Å²) in [5.41, 5.74) is 2.11. The van der Waals surface area contributed by atoms with Crippen molar-refractivity contribution in [3.63, 3.8) is 0 Å². The number of methoxy groups -OCH3 is 1. The Kier molecular flexibility index (Phi) is 3.31. The number of hydrogen-bond acceptors (Lipinski definition) is 4. The van der Waals surface area contributed by atoms with Crippen LogP contribution in [0.1, 0.15) is 21.9 Å². The maximum absolute atomic E-state index is 12.5. The van der Waals surface area contributed by atoms with E-state index in [1.54, 1.807) is 30.5 Å². The third kappa shape index (κ3) is 2.12. The summed E-state index contributed by atoms with van der Waals surface area (Å²) >= 11 is 0. The molecule has 0 radical (unpaired) electrons. The van der Waals surface area contributed by atoms with E-state index in [4.69, 9.17) is 9.15 Å². The van der Waals surface area contributed by atoms with Gasteiger partial charge in [-0.1, -0.05) is 0 Å². The van der Waals surface area contributed by atoms with Crippen LogP contribution in [0.25, 0.3) is 0 Å². The van der Waals surface area contributed by atoms with Gasteiger partial charge in [0.05, 0.1) is 37.5 Å². The van der Waals surface area contributed by atoms with Gasteiger partial charge in [-0.3, -0.25) is 4.79 Å². The average molecular weight is 275 g/mol. The highest BCUT2D eigenvalue weighted by molar-refractivity contribution is 5.91. The van der Waals surface area contributed by atoms with Gasteiger partial charge in [-0.15, -0.1) is 0 Å². The molecule has 1 atom stereocenters. The van der Waals surface area contributed by atoms with Gasteiger partial charge in [-0.2, -0.15) is 0 Å². The van der Waals surface area contributed by atoms with E-state index >= 15 is 0 Å². The lowest BCUT2D eigenvalue weighted by Gasteiger charge is -2.34. The van der Waals surface area contributed by atoms with Crippen LogP contribution in [0.3, 0.4) is 0 Å². The van der Waals surface area contributed by atoms with E-state index in [1.807, 2.05) is 11.6 Å². The molecule has 3 heterocycles. The second-order valence-electron chi connectivity index (χ2n) is 4.97. The number of aryl methyl sites for hydroxylation is 1. The lowest BCUT2D eigenvalue weighted by Crippen LogP contribution is -2.46. The summed E-state index contributed by atoms with van der Waals surface area (Å²) in [5, 5.41) is 0. The highest BCUT2D eigenvalue weighted by Gasteiger charge is 2.33. The first-order valence-corrected chi connectivity index (χ1v) is 6.53. The Morgan fingerprint density at radius 2 is 2.45 bits per heavy atom. The molecule has 6 nitrogen and oxygen atoms in total. The minimum absolute atomic E-state index is 0.000463. The zero-order chi connectivity index (χ0) is 14.1. The van der Waals surface area contributed by atoms with Crippen molar-refractivity contribution < 1.29 is 13.9 Å². The number of carbonyl (C=O) groups is 1. The Balaban J connectivity index is 1.90. The van der Waals surface area contributed by atoms with E-state index in [-0.39, 0.29) is 11.9 Å². The monoisotopic (exact) mass is 275 g/mol. The fourth-order valence-electron chi connectivity index (χ4n) is 2.64. The van der Waals surface area contributed by atoms with Crippen LogP contribution in [0.2, 0.25) is 0 Å². The van der Waals surface area contributed by atoms with Gasteiger partial charge >= 0.3 is 0 Å². The van der Waals surface area contributed by atoms with E-state index in [0.29, 0.717) is 18.9 Å². The third-order valence-corrected chi connectivity index (χ3v) is 3.69. The van der Waals surface area contributed by atoms with E-state index in [9.17, 15) is 4.79 Å². The molecular weight excluding hydrogens is 258 g/mol. The molecular formula is C14H17N3O3. The molecule has 0 fully saturated rings. The zero-order valence-electron chi connectivity index (χ0n) is 11.6. The van der Waals surface area contributed by atoms with Gasteiger partial charge in [0.2, 0.25) is 0 Å². The highest BCUT2D eigenvalue weighted by Crippen LogP contribution is 2.24. The second kappa shape index (κ2) is 5.13. The Labute approximate surface area is 117 Å². The van der Waals surface area contributed by atoms with Gasteiger partial charge < -0.3 is 18.6 Å². The predicted molar refractivity (Wildman–Crippen MR) is 71.2 cm³/mol. The minimum Gasteiger partial charge on any atom is -0.459 e. The van der Waals surface area contributed by atoms with Gasteiger partial charge in [-0.05, 0) is 12.1 Å². The Bertz CT molecular complexity index is 603. The van der Waals surface area contributed by atoms with E-state index in [0.717, 1.165) is 17.8 Å². The lowest BCUT2D eigenvalue weighted by molar-refractivity contribution is 0.0440. The van der Waals surface area contributed by atoms with Crippen molar-refractivity contribution in [3.05, 3.63) is 41.9 Å². The molecule has 0 aliphatic carbocycles. The van der Waals surface area contributed by atoms with Crippen molar-refractivity contribution >= 4 is 5.91 Å². The normalized spacial score (nSPS) is 18.1. The molecule has 0 saturated heterocycles. The SMILES string of the molecule is COC[C@H]1Cc2c(ncn2C)CN1C(=O)c1ccco1. The van der Waals surface area contributed by atoms with Gasteiger partial charge in [0.1, 0.15) is 0 Å². The standard InChI is InChI=1S/C14H17N3O3/c1-16-9-15-11-7-17(10(8-19-2)6-12(11)16)14(18)13-4-3-5-20-13/h3-5,9-10H,6-8H2,1-2H3/t10-/m1/s1. The maximum Gasteiger partial charge on any atom is 0.290 e. The molecule has 2 aromatic heterocycles. The number of fused-ring (bicyclic) bond motifs is 1. The number of amides is 1. The van der Waals surface area contributed by atoms with Crippen LogP contribution in [-0.4, -0.2) is 40.1 Å². The molecule has 1 aliphatic heterocycles. The van der Waals surface area contributed by atoms with Crippen LogP contribution in [0, 0.1) is 0 Å². The molecule has 3 rings (SSSR count). The molecule has 0 aromatic carbocycles. The summed E-state index contributed by atoms with van der Waals surface area (Å²) in [4.78, 5) is 18.6. The van der Waals surface area contributed by atoms with Gasteiger partial charge in [0.25, 0.3) is 5.91 Å². The Morgan fingerprint density at radius 1 is 1.60 bits per heavy atom. The van der Waals surface area contributed by atoms with Crippen molar-refractivity contribution in [3.8, 4) is 0 Å². The topological polar surface area (TPSA) is 60.5 Å². The van der Waals surface area contributed by atoms with Gasteiger partial charge in [0, 0.05) is 26.3 Å². The Morgan fingerprint density at radius 3 is 3.15 bits per heavy atom. The highest BCUT2D eigenvalue weighted by atomic mass is 16.5. The fourth-order valence-corrected chi connectivity index (χ4v) is 2.64. The summed E-state index contributed by atoms with van der Waals surface area (Å²) in [6.45, 7) is 0.987. The molecule has 1 aliphatic rings. The van der Waals surface area contributed by atoms with Gasteiger partial charge in [-0.25, -0.2) is 4.98 Å². The average Bonchev–Trinajstić information content (AvgIpc) is 3.09. The third-order valence-electron chi connectivity index (χ3n) is 3.69. The smallest absolute Gasteiger partial charge is 0.290 e. The van der Waals surface area contributed by atoms with Crippen LogP contribution >= 0.6 is 0 Å². The summed E-state index contributed by atoms with van der Waals surface area (Å²) < 4.78 is 12.5. The van der Waals surface area contributed by atoms with Crippen molar-refractivity contribution in [2.24, 2.45) is 7.05 Å². The van der Waals surface area contributed by atoms with Gasteiger partial charge in [0.15, 0.2) is 5.76 Å². The number of furan rings is 1. The zero-order valence-corrected chi connectivity index (χ0v) is 11.6. The van der Waals surface area contributed by atoms with Crippen molar-refractivity contribution in [2.75, 3.05) is 13.7 Å². The van der Waals surface area contributed by atoms with Crippen LogP contribution in [-0.2, 0) is 24.8 Å². The number of imidazole rings is 1.